The van der Waals surface area contributed by atoms with Crippen LogP contribution in [0, 0.1) is 17.6 Å². The SMILES string of the molecule is CNc1cc(-c2cnc3[nH]cc(C(=O)c4c(F)ccc(NS(=O)N5CCC(F)C5)c4F)c3c2)ccc1N1CCC(C=O)CC1. The van der Waals surface area contributed by atoms with E-state index in [4.69, 9.17) is 0 Å². The van der Waals surface area contributed by atoms with E-state index < -0.39 is 40.3 Å². The number of carbonyl (C=O) groups is 2. The zero-order valence-electron chi connectivity index (χ0n) is 23.9. The summed E-state index contributed by atoms with van der Waals surface area (Å²) >= 11 is -1.97. The average molecular weight is 625 g/mol. The van der Waals surface area contributed by atoms with Crippen LogP contribution in [0.3, 0.4) is 0 Å². The largest absolute Gasteiger partial charge is 0.386 e. The van der Waals surface area contributed by atoms with Gasteiger partial charge in [-0.1, -0.05) is 6.07 Å². The second kappa shape index (κ2) is 12.4. The number of anilines is 3. The summed E-state index contributed by atoms with van der Waals surface area (Å²) in [5, 5.41) is 3.62. The number of aldehydes is 1. The van der Waals surface area contributed by atoms with Crippen LogP contribution in [-0.2, 0) is 16.0 Å². The fourth-order valence-electron chi connectivity index (χ4n) is 5.79. The molecule has 2 aromatic carbocycles. The van der Waals surface area contributed by atoms with Crippen LogP contribution in [0.2, 0.25) is 0 Å². The molecule has 0 spiro atoms. The lowest BCUT2D eigenvalue weighted by molar-refractivity contribution is -0.111. The summed E-state index contributed by atoms with van der Waals surface area (Å²) in [4.78, 5) is 34.3. The first-order valence-electron chi connectivity index (χ1n) is 14.4. The van der Waals surface area contributed by atoms with E-state index in [1.807, 2.05) is 25.2 Å². The zero-order chi connectivity index (χ0) is 31.0. The molecule has 6 rings (SSSR count). The third kappa shape index (κ3) is 5.69. The van der Waals surface area contributed by atoms with Crippen LogP contribution in [0.1, 0.15) is 35.2 Å². The number of alkyl halides is 1. The number of H-pyrrole nitrogens is 1. The second-order valence-corrected chi connectivity index (χ2v) is 12.2. The number of piperidine rings is 1. The molecule has 3 N–H and O–H groups in total. The Balaban J connectivity index is 1.29. The van der Waals surface area contributed by atoms with Crippen molar-refractivity contribution in [3.8, 4) is 11.1 Å². The number of nitrogens with one attached hydrogen (secondary N) is 3. The molecule has 0 saturated carbocycles. The molecule has 4 heterocycles. The van der Waals surface area contributed by atoms with Crippen molar-refractivity contribution in [2.45, 2.75) is 25.4 Å². The Kier molecular flexibility index (Phi) is 8.41. The second-order valence-electron chi connectivity index (χ2n) is 11.0. The van der Waals surface area contributed by atoms with Crippen LogP contribution in [0.25, 0.3) is 22.2 Å². The van der Waals surface area contributed by atoms with Gasteiger partial charge in [0, 0.05) is 68.1 Å². The van der Waals surface area contributed by atoms with Gasteiger partial charge in [-0.2, -0.15) is 0 Å². The van der Waals surface area contributed by atoms with Crippen molar-refractivity contribution in [1.29, 1.82) is 0 Å². The van der Waals surface area contributed by atoms with Gasteiger partial charge in [0.15, 0.2) is 17.0 Å². The number of fused-ring (bicyclic) bond motifs is 1. The highest BCUT2D eigenvalue weighted by Gasteiger charge is 2.29. The first kappa shape index (κ1) is 29.8. The van der Waals surface area contributed by atoms with Gasteiger partial charge >= 0.3 is 0 Å². The topological polar surface area (TPSA) is 110 Å². The van der Waals surface area contributed by atoms with Gasteiger partial charge in [0.1, 0.15) is 23.9 Å². The molecule has 0 aliphatic carbocycles. The summed E-state index contributed by atoms with van der Waals surface area (Å²) in [6.07, 6.45) is 4.72. The molecule has 2 atom stereocenters. The number of ketones is 1. The number of aromatic nitrogens is 2. The monoisotopic (exact) mass is 624 g/mol. The molecule has 0 amide bonds. The summed E-state index contributed by atoms with van der Waals surface area (Å²) in [5.74, 6) is -3.08. The van der Waals surface area contributed by atoms with Gasteiger partial charge in [0.2, 0.25) is 5.78 Å². The number of hydrogen-bond donors (Lipinski definition) is 3. The number of pyridine rings is 1. The Morgan fingerprint density at radius 2 is 1.86 bits per heavy atom. The first-order chi connectivity index (χ1) is 21.3. The zero-order valence-corrected chi connectivity index (χ0v) is 24.7. The Labute approximate surface area is 254 Å². The van der Waals surface area contributed by atoms with Crippen molar-refractivity contribution in [2.75, 3.05) is 48.2 Å². The van der Waals surface area contributed by atoms with Crippen molar-refractivity contribution in [1.82, 2.24) is 14.3 Å². The molecule has 230 valence electrons. The van der Waals surface area contributed by atoms with Crippen molar-refractivity contribution in [3.05, 3.63) is 71.6 Å². The minimum Gasteiger partial charge on any atom is -0.386 e. The molecule has 13 heteroatoms. The fraction of sp³-hybridized carbons (Fsp3) is 0.323. The van der Waals surface area contributed by atoms with E-state index in [2.05, 4.69) is 24.9 Å². The fourth-order valence-corrected chi connectivity index (χ4v) is 6.83. The maximum atomic E-state index is 15.6. The van der Waals surface area contributed by atoms with E-state index in [0.717, 1.165) is 61.3 Å². The van der Waals surface area contributed by atoms with Crippen LogP contribution in [0.5, 0.6) is 0 Å². The van der Waals surface area contributed by atoms with Gasteiger partial charge in [-0.15, -0.1) is 0 Å². The molecular weight excluding hydrogens is 593 g/mol. The summed E-state index contributed by atoms with van der Waals surface area (Å²) in [6, 6.07) is 9.64. The van der Waals surface area contributed by atoms with Gasteiger partial charge in [0.25, 0.3) is 0 Å². The average Bonchev–Trinajstić information content (AvgIpc) is 3.68. The minimum atomic E-state index is -1.97. The van der Waals surface area contributed by atoms with E-state index in [1.54, 1.807) is 12.3 Å². The van der Waals surface area contributed by atoms with E-state index >= 15 is 4.39 Å². The van der Waals surface area contributed by atoms with E-state index in [-0.39, 0.29) is 36.7 Å². The third-order valence-corrected chi connectivity index (χ3v) is 9.49. The van der Waals surface area contributed by atoms with Crippen molar-refractivity contribution in [3.63, 3.8) is 0 Å². The summed E-state index contributed by atoms with van der Waals surface area (Å²) in [5.41, 5.74) is 2.67. The lowest BCUT2D eigenvalue weighted by Crippen LogP contribution is -2.34. The molecule has 4 aromatic rings. The Bertz CT molecular complexity index is 1760. The van der Waals surface area contributed by atoms with Gasteiger partial charge in [-0.3, -0.25) is 9.52 Å². The van der Waals surface area contributed by atoms with Crippen LogP contribution in [-0.4, -0.2) is 69.9 Å². The number of aromatic amines is 1. The highest BCUT2D eigenvalue weighted by Crippen LogP contribution is 2.35. The van der Waals surface area contributed by atoms with Gasteiger partial charge in [0.05, 0.1) is 22.6 Å². The summed E-state index contributed by atoms with van der Waals surface area (Å²) in [7, 11) is 1.83. The smallest absolute Gasteiger partial charge is 0.201 e. The third-order valence-electron chi connectivity index (χ3n) is 8.29. The maximum absolute atomic E-state index is 15.6. The molecule has 2 aliphatic heterocycles. The van der Waals surface area contributed by atoms with Crippen LogP contribution < -0.4 is 14.9 Å². The van der Waals surface area contributed by atoms with Crippen LogP contribution in [0.4, 0.5) is 30.2 Å². The predicted molar refractivity (Wildman–Crippen MR) is 165 cm³/mol. The highest BCUT2D eigenvalue weighted by molar-refractivity contribution is 7.84. The normalized spacial score (nSPS) is 18.5. The first-order valence-corrected chi connectivity index (χ1v) is 15.5. The number of benzene rings is 2. The maximum Gasteiger partial charge on any atom is 0.201 e. The molecule has 9 nitrogen and oxygen atoms in total. The standard InChI is InChI=1S/C31H31F3N6O3S/c1-35-26-13-19(2-5-27(26)39-9-6-18(17-41)7-10-39)20-12-22-23(15-37-31(22)36-14-20)30(42)28-24(33)3-4-25(29(28)34)38-44(43)40-11-8-21(32)16-40/h2-5,12-15,17-18,21,35,38H,6-11,16H2,1H3,(H,36,37). The summed E-state index contributed by atoms with van der Waals surface area (Å²) in [6.45, 7) is 1.70. The van der Waals surface area contributed by atoms with E-state index in [0.29, 0.717) is 16.6 Å². The van der Waals surface area contributed by atoms with Crippen molar-refractivity contribution < 1.29 is 27.0 Å². The number of nitrogens with zero attached hydrogens (tertiary/aromatic N) is 3. The molecule has 0 radical (unpaired) electrons. The quantitative estimate of drug-likeness (QED) is 0.174. The van der Waals surface area contributed by atoms with E-state index in [1.165, 1.54) is 10.5 Å². The van der Waals surface area contributed by atoms with Gasteiger partial charge in [-0.25, -0.2) is 26.7 Å². The van der Waals surface area contributed by atoms with Gasteiger partial charge < -0.3 is 20.0 Å². The molecule has 2 aliphatic rings. The van der Waals surface area contributed by atoms with Gasteiger partial charge in [-0.05, 0) is 55.2 Å². The molecule has 2 saturated heterocycles. The number of hydrogen-bond acceptors (Lipinski definition) is 6. The van der Waals surface area contributed by atoms with Crippen LogP contribution in [0.15, 0.2) is 48.8 Å². The Morgan fingerprint density at radius 1 is 1.07 bits per heavy atom. The number of halogens is 3. The molecule has 2 unspecified atom stereocenters. The molecular formula is C31H31F3N6O3S. The lowest BCUT2D eigenvalue weighted by atomic mass is 9.97. The number of rotatable bonds is 9. The lowest BCUT2D eigenvalue weighted by Gasteiger charge is -2.33. The number of carbonyl (C=O) groups excluding carboxylic acids is 2. The predicted octanol–water partition coefficient (Wildman–Crippen LogP) is 5.23. The Morgan fingerprint density at radius 3 is 2.57 bits per heavy atom. The highest BCUT2D eigenvalue weighted by atomic mass is 32.2. The Hall–Kier alpha value is -4.23. The molecule has 0 bridgehead atoms. The molecule has 2 aromatic heterocycles. The van der Waals surface area contributed by atoms with Crippen LogP contribution >= 0.6 is 0 Å². The van der Waals surface area contributed by atoms with Crippen molar-refractivity contribution >= 4 is 51.3 Å². The molecule has 2 fully saturated rings. The minimum absolute atomic E-state index is 0.0220. The molecule has 44 heavy (non-hydrogen) atoms. The summed E-state index contributed by atoms with van der Waals surface area (Å²) < 4.78 is 60.4. The van der Waals surface area contributed by atoms with Crippen molar-refractivity contribution in [2.24, 2.45) is 5.92 Å². The van der Waals surface area contributed by atoms with E-state index in [9.17, 15) is 22.6 Å².